The quantitative estimate of drug-likeness (QED) is 0.200. The predicted molar refractivity (Wildman–Crippen MR) is 150 cm³/mol. The fourth-order valence-electron chi connectivity index (χ4n) is 4.26. The number of hydrogen-bond acceptors (Lipinski definition) is 6. The Balaban J connectivity index is 1.83. The zero-order chi connectivity index (χ0) is 27.8. The van der Waals surface area contributed by atoms with Gasteiger partial charge < -0.3 is 19.5 Å². The summed E-state index contributed by atoms with van der Waals surface area (Å²) in [5, 5.41) is 3.35. The van der Waals surface area contributed by atoms with Crippen LogP contribution in [-0.4, -0.2) is 48.4 Å². The second kappa shape index (κ2) is 17.3. The minimum atomic E-state index is -3.69. The number of unbranched alkanes of at least 4 members (excludes halogenated alkanes) is 7. The molecule has 38 heavy (non-hydrogen) atoms. The second-order valence-corrected chi connectivity index (χ2v) is 11.3. The Morgan fingerprint density at radius 3 is 2.18 bits per heavy atom. The number of ether oxygens (including phenoxy) is 3. The Hall–Kier alpha value is -2.36. The summed E-state index contributed by atoms with van der Waals surface area (Å²) in [6.45, 7) is 5.50. The third-order valence-corrected chi connectivity index (χ3v) is 7.84. The highest BCUT2D eigenvalue weighted by Crippen LogP contribution is 2.27. The van der Waals surface area contributed by atoms with Crippen molar-refractivity contribution in [1.82, 2.24) is 10.0 Å². The van der Waals surface area contributed by atoms with Gasteiger partial charge in [-0.05, 0) is 49.6 Å². The number of sulfonamides is 1. The van der Waals surface area contributed by atoms with Crippen LogP contribution in [0.1, 0.15) is 70.8 Å². The van der Waals surface area contributed by atoms with Crippen molar-refractivity contribution >= 4 is 10.0 Å². The zero-order valence-corrected chi connectivity index (χ0v) is 24.2. The van der Waals surface area contributed by atoms with Crippen LogP contribution in [0.5, 0.6) is 17.2 Å². The maximum atomic E-state index is 13.5. The average Bonchev–Trinajstić information content (AvgIpc) is 2.90. The molecule has 0 aliphatic carbocycles. The number of nitrogens with one attached hydrogen (secondary N) is 2. The molecule has 2 rings (SSSR count). The molecule has 0 bridgehead atoms. The summed E-state index contributed by atoms with van der Waals surface area (Å²) in [6, 6.07) is 9.46. The lowest BCUT2D eigenvalue weighted by Gasteiger charge is -2.17. The minimum absolute atomic E-state index is 0.0576. The number of methoxy groups -OCH3 is 2. The van der Waals surface area contributed by atoms with Crippen molar-refractivity contribution in [3.05, 3.63) is 47.8 Å². The maximum Gasteiger partial charge on any atom is 0.244 e. The van der Waals surface area contributed by atoms with Gasteiger partial charge in [-0.15, -0.1) is 0 Å². The van der Waals surface area contributed by atoms with E-state index < -0.39 is 10.0 Å². The molecular weight excluding hydrogens is 507 g/mol. The van der Waals surface area contributed by atoms with E-state index in [-0.39, 0.29) is 16.8 Å². The molecule has 0 fully saturated rings. The standard InChI is InChI=1S/C29H45FN2O5S/c1-5-6-7-8-9-10-11-12-17-32-38(33,34)29-21-24(13-15-27(29)36-4)20-23(2)31-18-19-37-28-22-25(30)14-16-26(28)35-3/h13-16,21-23,31-32H,5-12,17-20H2,1-4H3. The molecule has 0 radical (unpaired) electrons. The molecule has 2 N–H and O–H groups in total. The van der Waals surface area contributed by atoms with Gasteiger partial charge in [0.1, 0.15) is 23.1 Å². The molecule has 0 heterocycles. The molecule has 2 aromatic rings. The Morgan fingerprint density at radius 2 is 1.50 bits per heavy atom. The smallest absolute Gasteiger partial charge is 0.244 e. The normalized spacial score (nSPS) is 12.3. The van der Waals surface area contributed by atoms with Gasteiger partial charge in [-0.1, -0.05) is 57.9 Å². The lowest BCUT2D eigenvalue weighted by atomic mass is 10.1. The van der Waals surface area contributed by atoms with Crippen molar-refractivity contribution in [2.75, 3.05) is 33.9 Å². The van der Waals surface area contributed by atoms with Gasteiger partial charge in [-0.25, -0.2) is 17.5 Å². The first-order valence-electron chi connectivity index (χ1n) is 13.7. The van der Waals surface area contributed by atoms with Gasteiger partial charge in [0.25, 0.3) is 0 Å². The first-order chi connectivity index (χ1) is 18.3. The maximum absolute atomic E-state index is 13.5. The van der Waals surface area contributed by atoms with Gasteiger partial charge in [-0.3, -0.25) is 0 Å². The summed E-state index contributed by atoms with van der Waals surface area (Å²) in [4.78, 5) is 0.158. The van der Waals surface area contributed by atoms with Crippen LogP contribution >= 0.6 is 0 Å². The summed E-state index contributed by atoms with van der Waals surface area (Å²) in [5.41, 5.74) is 0.881. The molecule has 0 spiro atoms. The van der Waals surface area contributed by atoms with Crippen LogP contribution in [0.4, 0.5) is 4.39 Å². The van der Waals surface area contributed by atoms with Crippen LogP contribution in [0, 0.1) is 5.82 Å². The molecule has 0 saturated carbocycles. The van der Waals surface area contributed by atoms with Crippen molar-refractivity contribution < 1.29 is 27.0 Å². The molecule has 1 atom stereocenters. The van der Waals surface area contributed by atoms with Crippen LogP contribution in [0.25, 0.3) is 0 Å². The van der Waals surface area contributed by atoms with Gasteiger partial charge in [0, 0.05) is 25.2 Å². The summed E-state index contributed by atoms with van der Waals surface area (Å²) in [7, 11) is -0.699. The van der Waals surface area contributed by atoms with Gasteiger partial charge in [0.15, 0.2) is 11.5 Å². The van der Waals surface area contributed by atoms with E-state index in [0.717, 1.165) is 24.8 Å². The zero-order valence-electron chi connectivity index (χ0n) is 23.4. The van der Waals surface area contributed by atoms with E-state index in [1.54, 1.807) is 12.1 Å². The summed E-state index contributed by atoms with van der Waals surface area (Å²) in [5.74, 6) is 0.767. The highest BCUT2D eigenvalue weighted by molar-refractivity contribution is 7.89. The predicted octanol–water partition coefficient (Wildman–Crippen LogP) is 5.86. The molecule has 0 aliphatic heterocycles. The van der Waals surface area contributed by atoms with E-state index in [1.807, 2.05) is 13.0 Å². The molecular formula is C29H45FN2O5S. The Labute approximate surface area is 228 Å². The Kier molecular flexibility index (Phi) is 14.5. The van der Waals surface area contributed by atoms with Gasteiger partial charge in [0.2, 0.25) is 10.0 Å². The van der Waals surface area contributed by atoms with Crippen LogP contribution < -0.4 is 24.2 Å². The van der Waals surface area contributed by atoms with Crippen molar-refractivity contribution in [2.24, 2.45) is 0 Å². The minimum Gasteiger partial charge on any atom is -0.495 e. The van der Waals surface area contributed by atoms with E-state index >= 15 is 0 Å². The third kappa shape index (κ3) is 11.2. The van der Waals surface area contributed by atoms with Crippen LogP contribution in [-0.2, 0) is 16.4 Å². The van der Waals surface area contributed by atoms with E-state index in [4.69, 9.17) is 14.2 Å². The van der Waals surface area contributed by atoms with Crippen molar-refractivity contribution in [3.8, 4) is 17.2 Å². The SMILES string of the molecule is CCCCCCCCCCNS(=O)(=O)c1cc(CC(C)NCCOc2cc(F)ccc2OC)ccc1OC. The molecule has 0 aromatic heterocycles. The monoisotopic (exact) mass is 552 g/mol. The van der Waals surface area contributed by atoms with Crippen LogP contribution in [0.15, 0.2) is 41.3 Å². The molecule has 2 aromatic carbocycles. The third-order valence-electron chi connectivity index (χ3n) is 6.36. The highest BCUT2D eigenvalue weighted by Gasteiger charge is 2.20. The lowest BCUT2D eigenvalue weighted by molar-refractivity contribution is 0.285. The summed E-state index contributed by atoms with van der Waals surface area (Å²) in [6.07, 6.45) is 9.87. The highest BCUT2D eigenvalue weighted by atomic mass is 32.2. The van der Waals surface area contributed by atoms with Crippen molar-refractivity contribution in [1.29, 1.82) is 0 Å². The van der Waals surface area contributed by atoms with E-state index in [2.05, 4.69) is 17.0 Å². The first kappa shape index (κ1) is 31.9. The summed E-state index contributed by atoms with van der Waals surface area (Å²) >= 11 is 0. The Morgan fingerprint density at radius 1 is 0.842 bits per heavy atom. The lowest BCUT2D eigenvalue weighted by Crippen LogP contribution is -2.32. The molecule has 0 amide bonds. The van der Waals surface area contributed by atoms with Crippen molar-refractivity contribution in [3.63, 3.8) is 0 Å². The van der Waals surface area contributed by atoms with Crippen LogP contribution in [0.2, 0.25) is 0 Å². The number of hydrogen-bond donors (Lipinski definition) is 2. The van der Waals surface area contributed by atoms with Crippen molar-refractivity contribution in [2.45, 2.75) is 82.6 Å². The van der Waals surface area contributed by atoms with E-state index in [1.165, 1.54) is 64.5 Å². The topological polar surface area (TPSA) is 85.9 Å². The number of halogens is 1. The Bertz CT molecular complexity index is 1060. The van der Waals surface area contributed by atoms with Gasteiger partial charge in [-0.2, -0.15) is 0 Å². The molecule has 214 valence electrons. The largest absolute Gasteiger partial charge is 0.495 e. The van der Waals surface area contributed by atoms with E-state index in [9.17, 15) is 12.8 Å². The first-order valence-corrected chi connectivity index (χ1v) is 15.1. The fraction of sp³-hybridized carbons (Fsp3) is 0.586. The molecule has 9 heteroatoms. The average molecular weight is 553 g/mol. The molecule has 7 nitrogen and oxygen atoms in total. The second-order valence-electron chi connectivity index (χ2n) is 9.56. The van der Waals surface area contributed by atoms with Gasteiger partial charge in [0.05, 0.1) is 14.2 Å². The van der Waals surface area contributed by atoms with Crippen LogP contribution in [0.3, 0.4) is 0 Å². The number of rotatable bonds is 20. The van der Waals surface area contributed by atoms with E-state index in [0.29, 0.717) is 43.4 Å². The number of benzene rings is 2. The molecule has 0 aliphatic rings. The van der Waals surface area contributed by atoms with Gasteiger partial charge >= 0.3 is 0 Å². The molecule has 1 unspecified atom stereocenters. The fourth-order valence-corrected chi connectivity index (χ4v) is 5.55. The molecule has 0 saturated heterocycles. The summed E-state index contributed by atoms with van der Waals surface area (Å²) < 4.78 is 58.5.